The Hall–Kier alpha value is -2.96. The van der Waals surface area contributed by atoms with E-state index in [4.69, 9.17) is 0 Å². The number of aromatic nitrogens is 1. The summed E-state index contributed by atoms with van der Waals surface area (Å²) < 4.78 is 17.5. The van der Waals surface area contributed by atoms with Crippen LogP contribution in [0.4, 0.5) is 4.39 Å². The molecule has 0 aliphatic carbocycles. The maximum absolute atomic E-state index is 12.8. The molecule has 0 fully saturated rings. The van der Waals surface area contributed by atoms with E-state index in [0.717, 1.165) is 12.3 Å². The second-order valence-electron chi connectivity index (χ2n) is 4.38. The molecule has 6 nitrogen and oxygen atoms in total. The largest absolute Gasteiger partial charge is 0.508 e. The fourth-order valence-electron chi connectivity index (χ4n) is 1.78. The summed E-state index contributed by atoms with van der Waals surface area (Å²) in [5.74, 6) is -1.87. The average Bonchev–Trinajstić information content (AvgIpc) is 2.53. The van der Waals surface area contributed by atoms with Crippen molar-refractivity contribution in [1.29, 1.82) is 0 Å². The zero-order valence-corrected chi connectivity index (χ0v) is 11.6. The second-order valence-corrected chi connectivity index (χ2v) is 4.38. The molecule has 0 radical (unpaired) electrons. The van der Waals surface area contributed by atoms with Gasteiger partial charge in [-0.3, -0.25) is 4.79 Å². The van der Waals surface area contributed by atoms with Gasteiger partial charge in [-0.05, 0) is 29.8 Å². The first-order valence-electron chi connectivity index (χ1n) is 6.30. The number of amides is 1. The molecule has 2 N–H and O–H groups in total. The van der Waals surface area contributed by atoms with E-state index in [0.29, 0.717) is 5.56 Å². The van der Waals surface area contributed by atoms with Crippen molar-refractivity contribution in [2.45, 2.75) is 6.04 Å². The molecule has 0 unspecified atom stereocenters. The number of carbonyl (C=O) groups excluding carboxylic acids is 2. The third-order valence-corrected chi connectivity index (χ3v) is 2.90. The van der Waals surface area contributed by atoms with Crippen molar-refractivity contribution < 1.29 is 23.8 Å². The van der Waals surface area contributed by atoms with Crippen LogP contribution < -0.4 is 5.32 Å². The van der Waals surface area contributed by atoms with Crippen molar-refractivity contribution in [3.05, 3.63) is 59.7 Å². The Labute approximate surface area is 125 Å². The van der Waals surface area contributed by atoms with E-state index in [1.165, 1.54) is 37.4 Å². The van der Waals surface area contributed by atoms with Gasteiger partial charge in [-0.2, -0.15) is 0 Å². The number of pyridine rings is 1. The van der Waals surface area contributed by atoms with E-state index < -0.39 is 23.7 Å². The molecule has 0 aliphatic rings. The van der Waals surface area contributed by atoms with Gasteiger partial charge in [0.2, 0.25) is 0 Å². The highest BCUT2D eigenvalue weighted by atomic mass is 19.1. The van der Waals surface area contributed by atoms with Crippen LogP contribution >= 0.6 is 0 Å². The third-order valence-electron chi connectivity index (χ3n) is 2.90. The molecule has 7 heteroatoms. The number of phenolic OH excluding ortho intramolecular Hbond substituents is 1. The van der Waals surface area contributed by atoms with Crippen molar-refractivity contribution in [2.75, 3.05) is 7.11 Å². The highest BCUT2D eigenvalue weighted by Gasteiger charge is 2.24. The predicted molar refractivity (Wildman–Crippen MR) is 74.5 cm³/mol. The minimum atomic E-state index is -1.06. The molecular formula is C15H13FN2O4. The Kier molecular flexibility index (Phi) is 4.67. The van der Waals surface area contributed by atoms with Crippen LogP contribution in [0.15, 0.2) is 42.6 Å². The van der Waals surface area contributed by atoms with Gasteiger partial charge in [0.25, 0.3) is 5.91 Å². The number of benzene rings is 1. The van der Waals surface area contributed by atoms with Crippen molar-refractivity contribution >= 4 is 11.9 Å². The summed E-state index contributed by atoms with van der Waals surface area (Å²) >= 11 is 0. The maximum atomic E-state index is 12.8. The summed E-state index contributed by atoms with van der Waals surface area (Å²) in [6.07, 6.45) is 0.905. The third kappa shape index (κ3) is 3.57. The molecule has 1 amide bonds. The number of rotatable bonds is 4. The van der Waals surface area contributed by atoms with E-state index in [1.807, 2.05) is 0 Å². The standard InChI is InChI=1S/C15H13FN2O4/c1-22-15(21)13(9-2-5-11(19)6-3-9)18-14(20)12-7-4-10(16)8-17-12/h2-8,13,19H,1H3,(H,18,20)/t13-/m0/s1. The van der Waals surface area contributed by atoms with E-state index >= 15 is 0 Å². The van der Waals surface area contributed by atoms with Crippen LogP contribution in [0.5, 0.6) is 5.75 Å². The number of halogens is 1. The van der Waals surface area contributed by atoms with Crippen molar-refractivity contribution in [3.63, 3.8) is 0 Å². The van der Waals surface area contributed by atoms with Crippen molar-refractivity contribution in [1.82, 2.24) is 10.3 Å². The van der Waals surface area contributed by atoms with Gasteiger partial charge >= 0.3 is 5.97 Å². The lowest BCUT2D eigenvalue weighted by Gasteiger charge is -2.16. The van der Waals surface area contributed by atoms with Gasteiger partial charge in [0.1, 0.15) is 17.3 Å². The molecule has 0 bridgehead atoms. The molecule has 2 aromatic rings. The first-order valence-corrected chi connectivity index (χ1v) is 6.30. The molecule has 22 heavy (non-hydrogen) atoms. The number of esters is 1. The lowest BCUT2D eigenvalue weighted by atomic mass is 10.1. The van der Waals surface area contributed by atoms with E-state index in [-0.39, 0.29) is 11.4 Å². The second kappa shape index (κ2) is 6.66. The van der Waals surface area contributed by atoms with Crippen LogP contribution in [-0.2, 0) is 9.53 Å². The fourth-order valence-corrected chi connectivity index (χ4v) is 1.78. The van der Waals surface area contributed by atoms with Gasteiger partial charge in [0, 0.05) is 0 Å². The van der Waals surface area contributed by atoms with Crippen LogP contribution in [0.1, 0.15) is 22.1 Å². The summed E-state index contributed by atoms with van der Waals surface area (Å²) in [5.41, 5.74) is 0.397. The number of nitrogens with one attached hydrogen (secondary N) is 1. The summed E-state index contributed by atoms with van der Waals surface area (Å²) in [5, 5.41) is 11.7. The van der Waals surface area contributed by atoms with Gasteiger partial charge < -0.3 is 15.2 Å². The zero-order valence-electron chi connectivity index (χ0n) is 11.6. The lowest BCUT2D eigenvalue weighted by Crippen LogP contribution is -2.35. The molecule has 1 aromatic carbocycles. The molecule has 114 valence electrons. The fraction of sp³-hybridized carbons (Fsp3) is 0.133. The van der Waals surface area contributed by atoms with Crippen LogP contribution in [0.3, 0.4) is 0 Å². The molecule has 0 spiro atoms. The quantitative estimate of drug-likeness (QED) is 0.837. The molecule has 1 atom stereocenters. The number of hydrogen-bond donors (Lipinski definition) is 2. The molecule has 0 aliphatic heterocycles. The highest BCUT2D eigenvalue weighted by Crippen LogP contribution is 2.18. The van der Waals surface area contributed by atoms with Crippen LogP contribution in [0.25, 0.3) is 0 Å². The molecular weight excluding hydrogens is 291 g/mol. The van der Waals surface area contributed by atoms with Crippen LogP contribution in [-0.4, -0.2) is 29.1 Å². The van der Waals surface area contributed by atoms with E-state index in [1.54, 1.807) is 0 Å². The normalized spacial score (nSPS) is 11.5. The van der Waals surface area contributed by atoms with Gasteiger partial charge in [0.15, 0.2) is 6.04 Å². The first kappa shape index (κ1) is 15.4. The van der Waals surface area contributed by atoms with Gasteiger partial charge in [-0.25, -0.2) is 14.2 Å². The Balaban J connectivity index is 2.23. The number of aromatic hydroxyl groups is 1. The molecule has 0 saturated heterocycles. The predicted octanol–water partition coefficient (Wildman–Crippen LogP) is 1.57. The van der Waals surface area contributed by atoms with Gasteiger partial charge in [0.05, 0.1) is 13.3 Å². The zero-order chi connectivity index (χ0) is 16.1. The number of carbonyl (C=O) groups is 2. The maximum Gasteiger partial charge on any atom is 0.333 e. The summed E-state index contributed by atoms with van der Waals surface area (Å²) in [6, 6.07) is 6.96. The number of nitrogens with zero attached hydrogens (tertiary/aromatic N) is 1. The van der Waals surface area contributed by atoms with E-state index in [2.05, 4.69) is 15.0 Å². The molecule has 1 heterocycles. The topological polar surface area (TPSA) is 88.5 Å². The number of methoxy groups -OCH3 is 1. The molecule has 0 saturated carbocycles. The summed E-state index contributed by atoms with van der Waals surface area (Å²) in [4.78, 5) is 27.6. The van der Waals surface area contributed by atoms with Crippen LogP contribution in [0.2, 0.25) is 0 Å². The number of hydrogen-bond acceptors (Lipinski definition) is 5. The minimum absolute atomic E-state index is 0.0268. The monoisotopic (exact) mass is 304 g/mol. The van der Waals surface area contributed by atoms with Crippen molar-refractivity contribution in [3.8, 4) is 5.75 Å². The van der Waals surface area contributed by atoms with Gasteiger partial charge in [-0.15, -0.1) is 0 Å². The summed E-state index contributed by atoms with van der Waals surface area (Å²) in [7, 11) is 1.19. The SMILES string of the molecule is COC(=O)[C@@H](NC(=O)c1ccc(F)cn1)c1ccc(O)cc1. The lowest BCUT2D eigenvalue weighted by molar-refractivity contribution is -0.143. The molecule has 2 rings (SSSR count). The Bertz CT molecular complexity index is 671. The Morgan fingerprint density at radius 3 is 2.45 bits per heavy atom. The number of ether oxygens (including phenoxy) is 1. The summed E-state index contributed by atoms with van der Waals surface area (Å²) in [6.45, 7) is 0. The van der Waals surface area contributed by atoms with Crippen molar-refractivity contribution in [2.24, 2.45) is 0 Å². The Morgan fingerprint density at radius 1 is 1.23 bits per heavy atom. The minimum Gasteiger partial charge on any atom is -0.508 e. The smallest absolute Gasteiger partial charge is 0.333 e. The van der Waals surface area contributed by atoms with Crippen LogP contribution in [0, 0.1) is 5.82 Å². The first-order chi connectivity index (χ1) is 10.5. The highest BCUT2D eigenvalue weighted by molar-refractivity contribution is 5.95. The number of phenols is 1. The van der Waals surface area contributed by atoms with Gasteiger partial charge in [-0.1, -0.05) is 12.1 Å². The average molecular weight is 304 g/mol. The Morgan fingerprint density at radius 2 is 1.91 bits per heavy atom. The van der Waals surface area contributed by atoms with E-state index in [9.17, 15) is 19.1 Å². The molecule has 1 aromatic heterocycles.